The maximum atomic E-state index is 9.91. The van der Waals surface area contributed by atoms with Crippen LogP contribution in [0.25, 0.3) is 61.0 Å². The fraction of sp³-hybridized carbons (Fsp3) is 0.284. The van der Waals surface area contributed by atoms with Crippen LogP contribution in [-0.4, -0.2) is 16.2 Å². The Bertz CT molecular complexity index is 5350. The molecule has 5 nitrogen and oxygen atoms in total. The maximum Gasteiger partial charge on any atom is 0.137 e. The Morgan fingerprint density at radius 3 is 1.86 bits per heavy atom. The lowest BCUT2D eigenvalue weighted by molar-refractivity contribution is 0.332. The van der Waals surface area contributed by atoms with Crippen molar-refractivity contribution in [2.24, 2.45) is 0 Å². The molecule has 0 radical (unpaired) electrons. The highest BCUT2D eigenvalue weighted by Crippen LogP contribution is 2.54. The molecule has 12 rings (SSSR count). The Kier molecular flexibility index (Phi) is 6.77. The van der Waals surface area contributed by atoms with Gasteiger partial charge in [-0.3, -0.25) is 4.57 Å². The van der Waals surface area contributed by atoms with Crippen molar-refractivity contribution in [3.8, 4) is 50.7 Å². The third-order valence-corrected chi connectivity index (χ3v) is 14.6. The van der Waals surface area contributed by atoms with Crippen molar-refractivity contribution < 1.29 is 44.5 Å². The van der Waals surface area contributed by atoms with Crippen molar-refractivity contribution >= 4 is 44.6 Å². The van der Waals surface area contributed by atoms with E-state index in [9.17, 15) is 13.7 Å². The number of fused-ring (bicyclic) bond motifs is 5. The first-order valence-electron chi connectivity index (χ1n) is 40.5. The Labute approximate surface area is 510 Å². The van der Waals surface area contributed by atoms with Gasteiger partial charge in [0.15, 0.2) is 0 Å². The molecule has 2 aromatic heterocycles. The standard InChI is InChI=1S/C74H76N4O/c1-70(2,3)51-33-30-49(31-34-51)58-41-52(71(4,5)6)42-59(50-32-37-61-63(40-50)74(12,13)39-38-73(61,10)11)69(58)77-47-76(65-28-19-20-29-66(65)77)53-24-21-25-54(43-53)79-55-35-36-57-56-26-17-18-27-64(56)78(67(57)44-55)68-45-62(72(7,8)9)60(46-75-68)48-22-15-14-16-23-48/h14-37,40-46H,38-39,47H2,1-13H3/i10D3,11D3,12D3,13D3,14D,15D,16D,17D,18D,22D,23D,26D,27D,30D,31D,33D,34D,38D2,39D2. The molecule has 0 spiro atoms. The molecule has 0 saturated carbocycles. The summed E-state index contributed by atoms with van der Waals surface area (Å²) in [7, 11) is 0. The summed E-state index contributed by atoms with van der Waals surface area (Å²) in [6, 6.07) is 20.6. The van der Waals surface area contributed by atoms with E-state index < -0.39 is 139 Å². The average molecular weight is 1070 g/mol. The molecule has 0 N–H and O–H groups in total. The second-order valence-corrected chi connectivity index (χ2v) is 23.3. The van der Waals surface area contributed by atoms with Crippen LogP contribution in [0.15, 0.2) is 188 Å². The number of nitrogens with zero attached hydrogens (tertiary/aromatic N) is 4. The Hall–Kier alpha value is -7.89. The molecule has 79 heavy (non-hydrogen) atoms. The fourth-order valence-electron chi connectivity index (χ4n) is 10.5. The topological polar surface area (TPSA) is 33.5 Å². The quantitative estimate of drug-likeness (QED) is 0.152. The molecule has 3 heterocycles. The van der Waals surface area contributed by atoms with E-state index in [0.29, 0.717) is 39.1 Å². The molecule has 5 heteroatoms. The van der Waals surface area contributed by atoms with Crippen molar-refractivity contribution in [1.82, 2.24) is 9.55 Å². The normalized spacial score (nSPS) is 22.4. The number of rotatable bonds is 8. The summed E-state index contributed by atoms with van der Waals surface area (Å²) in [5, 5.41) is 0.525. The SMILES string of the molecule is [2H]c1c([2H])c([2H])c(-c2cnc(-n3c4cc(Oc5cccc(N6CN(c7c(-c8ccc9c(c8)C(C([2H])([2H])[2H])(C([2H])([2H])[2H])C([2H])([2H])C([2H])([2H])C9(C([2H])([2H])[2H])C([2H])([2H])[2H])cc(C(C)(C)C)cc7-c7c([2H])c([2H])c(C(C)(C)C)c([2H])c7[2H])c7ccccc76)c5)ccc4c4c([2H])c([2H])c([2H])c([2H])c43)cc2C(C)(C)C)c([2H])c1[2H]. The third-order valence-electron chi connectivity index (χ3n) is 14.6. The zero-order chi connectivity index (χ0) is 80.3. The Morgan fingerprint density at radius 1 is 0.519 bits per heavy atom. The van der Waals surface area contributed by atoms with E-state index in [1.165, 1.54) is 12.3 Å². The van der Waals surface area contributed by atoms with Crippen molar-refractivity contribution in [2.75, 3.05) is 16.5 Å². The molecule has 398 valence electrons. The van der Waals surface area contributed by atoms with Crippen molar-refractivity contribution in [1.29, 1.82) is 0 Å². The van der Waals surface area contributed by atoms with Crippen LogP contribution in [-0.2, 0) is 27.1 Å². The number of anilines is 4. The van der Waals surface area contributed by atoms with Gasteiger partial charge < -0.3 is 14.5 Å². The van der Waals surface area contributed by atoms with Crippen LogP contribution >= 0.6 is 0 Å². The second kappa shape index (κ2) is 18.9. The third kappa shape index (κ3) is 9.39. The Balaban J connectivity index is 1.08. The van der Waals surface area contributed by atoms with Gasteiger partial charge in [0, 0.05) is 73.4 Å². The largest absolute Gasteiger partial charge is 0.457 e. The molecule has 0 bridgehead atoms. The number of hydrogen-bond acceptors (Lipinski definition) is 4. The van der Waals surface area contributed by atoms with E-state index in [-0.39, 0.29) is 97.6 Å². The molecule has 0 saturated heterocycles. The van der Waals surface area contributed by atoms with E-state index in [4.69, 9.17) is 35.8 Å². The van der Waals surface area contributed by atoms with Gasteiger partial charge in [0.2, 0.25) is 0 Å². The van der Waals surface area contributed by atoms with Gasteiger partial charge in [0.1, 0.15) is 24.0 Å². The summed E-state index contributed by atoms with van der Waals surface area (Å²) < 4.78 is 273. The van der Waals surface area contributed by atoms with Gasteiger partial charge in [0.05, 0.1) is 45.9 Å². The maximum absolute atomic E-state index is 9.91. The molecule has 2 aliphatic rings. The van der Waals surface area contributed by atoms with Crippen molar-refractivity contribution in [3.63, 3.8) is 0 Å². The van der Waals surface area contributed by atoms with Gasteiger partial charge in [-0.2, -0.15) is 0 Å². The van der Waals surface area contributed by atoms with E-state index in [1.54, 1.807) is 115 Å². The number of ether oxygens (including phenoxy) is 1. The monoisotopic (exact) mass is 1070 g/mol. The lowest BCUT2D eigenvalue weighted by atomic mass is 9.63. The van der Waals surface area contributed by atoms with Crippen molar-refractivity contribution in [2.45, 2.75) is 130 Å². The first-order chi connectivity index (χ1) is 49.5. The number of benzene rings is 8. The highest BCUT2D eigenvalue weighted by atomic mass is 16.5. The Morgan fingerprint density at radius 2 is 1.16 bits per heavy atom. The fourth-order valence-corrected chi connectivity index (χ4v) is 10.5. The van der Waals surface area contributed by atoms with Crippen LogP contribution in [0.3, 0.4) is 0 Å². The molecule has 8 aromatic carbocycles. The number of pyridine rings is 1. The molecule has 0 unspecified atom stereocenters. The van der Waals surface area contributed by atoms with Gasteiger partial charge >= 0.3 is 0 Å². The summed E-state index contributed by atoms with van der Waals surface area (Å²) in [6.45, 7) is -0.215. The average Bonchev–Trinajstić information content (AvgIpc) is 0.691. The van der Waals surface area contributed by atoms with E-state index >= 15 is 0 Å². The molecule has 0 amide bonds. The van der Waals surface area contributed by atoms with Gasteiger partial charge in [-0.05, 0) is 145 Å². The summed E-state index contributed by atoms with van der Waals surface area (Å²) >= 11 is 0. The molecular formula is C74H76N4O. The van der Waals surface area contributed by atoms with Crippen LogP contribution < -0.4 is 14.5 Å². The zero-order valence-corrected chi connectivity index (χ0v) is 45.3. The predicted octanol–water partition coefficient (Wildman–Crippen LogP) is 20.5. The smallest absolute Gasteiger partial charge is 0.137 e. The number of hydrogen-bond donors (Lipinski definition) is 0. The van der Waals surface area contributed by atoms with E-state index in [0.717, 1.165) is 12.1 Å². The number of aromatic nitrogens is 2. The molecule has 0 fully saturated rings. The first-order valence-corrected chi connectivity index (χ1v) is 26.0. The minimum Gasteiger partial charge on any atom is -0.457 e. The van der Waals surface area contributed by atoms with Crippen LogP contribution in [0.4, 0.5) is 22.7 Å². The molecule has 1 aliphatic carbocycles. The van der Waals surface area contributed by atoms with Gasteiger partial charge in [0.25, 0.3) is 0 Å². The van der Waals surface area contributed by atoms with Crippen LogP contribution in [0, 0.1) is 0 Å². The first kappa shape index (κ1) is 28.3. The van der Waals surface area contributed by atoms with Gasteiger partial charge in [-0.15, -0.1) is 0 Å². The minimum absolute atomic E-state index is 0.0220. The molecule has 10 aromatic rings. The van der Waals surface area contributed by atoms with Crippen LogP contribution in [0.5, 0.6) is 11.5 Å². The second-order valence-electron chi connectivity index (χ2n) is 23.3. The van der Waals surface area contributed by atoms with Crippen LogP contribution in [0.2, 0.25) is 0 Å². The highest BCUT2D eigenvalue weighted by Gasteiger charge is 2.38. The molecule has 1 aliphatic heterocycles. The predicted molar refractivity (Wildman–Crippen MR) is 335 cm³/mol. The van der Waals surface area contributed by atoms with E-state index in [1.807, 2.05) is 46.4 Å². The summed E-state index contributed by atoms with van der Waals surface area (Å²) in [6.07, 6.45) is -7.31. The highest BCUT2D eigenvalue weighted by molar-refractivity contribution is 6.09. The zero-order valence-electron chi connectivity index (χ0n) is 74.3. The molecular weight excluding hydrogens is 961 g/mol. The summed E-state index contributed by atoms with van der Waals surface area (Å²) in [5.41, 5.74) is -10.2. The van der Waals surface area contributed by atoms with Gasteiger partial charge in [-0.1, -0.05) is 199 Å². The number of para-hydroxylation sites is 3. The summed E-state index contributed by atoms with van der Waals surface area (Å²) in [5.74, 6) is 0.587. The van der Waals surface area contributed by atoms with Crippen molar-refractivity contribution in [3.05, 3.63) is 216 Å². The van der Waals surface area contributed by atoms with Gasteiger partial charge in [-0.25, -0.2) is 4.98 Å². The molecule has 0 atom stereocenters. The lowest BCUT2D eigenvalue weighted by Gasteiger charge is -2.42. The van der Waals surface area contributed by atoms with Crippen LogP contribution in [0.1, 0.15) is 170 Å². The summed E-state index contributed by atoms with van der Waals surface area (Å²) in [4.78, 5) is 8.43. The lowest BCUT2D eigenvalue weighted by Crippen LogP contribution is -2.33. The van der Waals surface area contributed by atoms with E-state index in [2.05, 4.69) is 0 Å². The minimum atomic E-state index is -4.37.